The third kappa shape index (κ3) is 4.00. The number of aromatic hydroxyl groups is 5. The number of hydrogen-bond donors (Lipinski definition) is 10. The number of ether oxygens (including phenoxy) is 5. The summed E-state index contributed by atoms with van der Waals surface area (Å²) in [7, 11) is 0. The Labute approximate surface area is 244 Å². The molecule has 3 heterocycles. The quantitative estimate of drug-likeness (QED) is 0.0941. The van der Waals surface area contributed by atoms with E-state index < -0.39 is 136 Å². The second kappa shape index (κ2) is 9.71. The summed E-state index contributed by atoms with van der Waals surface area (Å²) in [5.74, 6) is -14.9. The first kappa shape index (κ1) is 29.5. The number of aliphatic hydroxyl groups is 5. The number of esters is 3. The largest absolute Gasteiger partial charge is 0.504 e. The molecule has 10 N–H and O–H groups in total. The van der Waals surface area contributed by atoms with Gasteiger partial charge in [-0.2, -0.15) is 0 Å². The van der Waals surface area contributed by atoms with Crippen LogP contribution in [0.15, 0.2) is 18.2 Å². The first-order chi connectivity index (χ1) is 20.6. The summed E-state index contributed by atoms with van der Waals surface area (Å²) in [5, 5.41) is 104. The summed E-state index contributed by atoms with van der Waals surface area (Å²) in [6.45, 7) is -1.02. The first-order valence-electron chi connectivity index (χ1n) is 12.8. The average molecular weight is 624 g/mol. The molecule has 0 radical (unpaired) electrons. The Morgan fingerprint density at radius 3 is 2.20 bits per heavy atom. The van der Waals surface area contributed by atoms with Crippen LogP contribution in [0.4, 0.5) is 0 Å². The van der Waals surface area contributed by atoms with Crippen molar-refractivity contribution in [2.24, 2.45) is 0 Å². The maximum atomic E-state index is 13.6. The van der Waals surface area contributed by atoms with Crippen LogP contribution >= 0.6 is 0 Å². The lowest BCUT2D eigenvalue weighted by atomic mass is 9.81. The zero-order valence-corrected chi connectivity index (χ0v) is 21.9. The Balaban J connectivity index is 1.46. The smallest absolute Gasteiger partial charge is 0.340 e. The van der Waals surface area contributed by atoms with Crippen molar-refractivity contribution in [1.29, 1.82) is 0 Å². The maximum absolute atomic E-state index is 13.6. The molecule has 1 aliphatic carbocycles. The molecule has 2 bridgehead atoms. The highest BCUT2D eigenvalue weighted by Crippen LogP contribution is 2.62. The molecule has 236 valence electrons. The molecule has 6 rings (SSSR count). The topological polar surface area (TPSA) is 300 Å². The number of fused-ring (bicyclic) bond motifs is 2. The van der Waals surface area contributed by atoms with E-state index in [0.717, 1.165) is 0 Å². The van der Waals surface area contributed by atoms with E-state index in [1.54, 1.807) is 0 Å². The highest BCUT2D eigenvalue weighted by atomic mass is 16.7. The van der Waals surface area contributed by atoms with Gasteiger partial charge in [0.2, 0.25) is 17.8 Å². The molecule has 0 spiro atoms. The van der Waals surface area contributed by atoms with Crippen LogP contribution in [0.2, 0.25) is 0 Å². The fraction of sp³-hybridized carbons (Fsp3) is 0.423. The number of phenolic OH excluding ortho intramolecular Hbond substituents is 5. The molecule has 3 aliphatic heterocycles. The molecule has 18 heteroatoms. The second-order valence-corrected chi connectivity index (χ2v) is 10.7. The lowest BCUT2D eigenvalue weighted by molar-refractivity contribution is -0.290. The molecular weight excluding hydrogens is 600 g/mol. The lowest BCUT2D eigenvalue weighted by Gasteiger charge is -2.42. The second-order valence-electron chi connectivity index (χ2n) is 10.7. The zero-order valence-electron chi connectivity index (χ0n) is 21.9. The van der Waals surface area contributed by atoms with E-state index in [-0.39, 0.29) is 0 Å². The van der Waals surface area contributed by atoms with Gasteiger partial charge in [0, 0.05) is 12.0 Å². The zero-order chi connectivity index (χ0) is 32.0. The van der Waals surface area contributed by atoms with Gasteiger partial charge < -0.3 is 74.7 Å². The van der Waals surface area contributed by atoms with E-state index in [4.69, 9.17) is 23.7 Å². The molecule has 44 heavy (non-hydrogen) atoms. The first-order valence-corrected chi connectivity index (χ1v) is 12.8. The number of hydrogen-bond acceptors (Lipinski definition) is 18. The number of carbonyl (C=O) groups excluding carboxylic acids is 3. The number of aliphatic hydroxyl groups excluding tert-OH is 3. The maximum Gasteiger partial charge on any atom is 0.340 e. The van der Waals surface area contributed by atoms with Crippen molar-refractivity contribution < 1.29 is 89.1 Å². The highest BCUT2D eigenvalue weighted by molar-refractivity contribution is 5.96. The monoisotopic (exact) mass is 624 g/mol. The summed E-state index contributed by atoms with van der Waals surface area (Å²) in [6, 6.07) is 2.03. The van der Waals surface area contributed by atoms with E-state index >= 15 is 0 Å². The van der Waals surface area contributed by atoms with Gasteiger partial charge in [-0.25, -0.2) is 14.4 Å². The van der Waals surface area contributed by atoms with Crippen molar-refractivity contribution >= 4 is 17.9 Å². The summed E-state index contributed by atoms with van der Waals surface area (Å²) in [6.07, 6.45) is -13.0. The van der Waals surface area contributed by atoms with Gasteiger partial charge in [0.25, 0.3) is 0 Å². The van der Waals surface area contributed by atoms with E-state index in [1.807, 2.05) is 0 Å². The minimum absolute atomic E-state index is 0.556. The highest BCUT2D eigenvalue weighted by Gasteiger charge is 2.73. The van der Waals surface area contributed by atoms with E-state index in [2.05, 4.69) is 0 Å². The Hall–Kier alpha value is -4.59. The van der Waals surface area contributed by atoms with Crippen molar-refractivity contribution in [3.8, 4) is 34.5 Å². The third-order valence-corrected chi connectivity index (χ3v) is 8.09. The Kier molecular flexibility index (Phi) is 6.50. The molecule has 0 aromatic heterocycles. The van der Waals surface area contributed by atoms with Gasteiger partial charge in [0.1, 0.15) is 18.3 Å². The van der Waals surface area contributed by atoms with Gasteiger partial charge in [-0.05, 0) is 18.2 Å². The van der Waals surface area contributed by atoms with Gasteiger partial charge in [-0.3, -0.25) is 0 Å². The number of phenols is 5. The molecule has 9 unspecified atom stereocenters. The van der Waals surface area contributed by atoms with Crippen LogP contribution in [-0.2, 0) is 23.7 Å². The molecule has 9 atom stereocenters. The van der Waals surface area contributed by atoms with Gasteiger partial charge in [0.05, 0.1) is 23.7 Å². The minimum atomic E-state index is -2.90. The average Bonchev–Trinajstić information content (AvgIpc) is 3.40. The van der Waals surface area contributed by atoms with Crippen LogP contribution < -0.4 is 4.74 Å². The van der Waals surface area contributed by atoms with Crippen LogP contribution in [0.3, 0.4) is 0 Å². The van der Waals surface area contributed by atoms with Gasteiger partial charge >= 0.3 is 17.9 Å². The summed E-state index contributed by atoms with van der Waals surface area (Å²) in [5.41, 5.74) is -4.77. The normalized spacial score (nSPS) is 35.5. The SMILES string of the molecule is O=C(OC1OC(CO)C2OC(=O)C3(O)CC(O)C4(O)Oc5c(O)c(O)cc(c5C34)C(=O)OC1C2O)c1cc(O)c(O)c(O)c1. The van der Waals surface area contributed by atoms with Crippen molar-refractivity contribution in [2.75, 3.05) is 6.61 Å². The van der Waals surface area contributed by atoms with Crippen molar-refractivity contribution in [1.82, 2.24) is 0 Å². The number of benzene rings is 2. The fourth-order valence-electron chi connectivity index (χ4n) is 5.95. The molecule has 2 fully saturated rings. The molecule has 1 saturated heterocycles. The standard InChI is InChI=1S/C26H24O18/c27-5-11-17-16(34)19(23(40-11)43-21(35)6-1-8(28)14(32)9(29)2-6)41-22(36)7-3-10(30)15(33)18-13(7)20-25(38,24(37)42-17)4-12(31)26(20,39)44-18/h1-3,11-12,16-17,19-20,23,27-34,38-39H,4-5H2. The molecular formula is C26H24O18. The van der Waals surface area contributed by atoms with Crippen molar-refractivity contribution in [3.63, 3.8) is 0 Å². The van der Waals surface area contributed by atoms with Crippen molar-refractivity contribution in [3.05, 3.63) is 34.9 Å². The predicted molar refractivity (Wildman–Crippen MR) is 131 cm³/mol. The number of rotatable bonds is 3. The van der Waals surface area contributed by atoms with Crippen LogP contribution in [-0.4, -0.2) is 124 Å². The summed E-state index contributed by atoms with van der Waals surface area (Å²) in [4.78, 5) is 40.0. The Bertz CT molecular complexity index is 1570. The van der Waals surface area contributed by atoms with Crippen molar-refractivity contribution in [2.45, 2.75) is 60.5 Å². The molecule has 0 amide bonds. The molecule has 1 saturated carbocycles. The Morgan fingerprint density at radius 1 is 0.932 bits per heavy atom. The van der Waals surface area contributed by atoms with Crippen LogP contribution in [0, 0.1) is 0 Å². The fourth-order valence-corrected chi connectivity index (χ4v) is 5.95. The molecule has 2 aromatic rings. The van der Waals surface area contributed by atoms with E-state index in [0.29, 0.717) is 18.2 Å². The van der Waals surface area contributed by atoms with Gasteiger partial charge in [-0.1, -0.05) is 0 Å². The predicted octanol–water partition coefficient (Wildman–Crippen LogP) is -2.74. The third-order valence-electron chi connectivity index (χ3n) is 8.09. The summed E-state index contributed by atoms with van der Waals surface area (Å²) >= 11 is 0. The van der Waals surface area contributed by atoms with Crippen LogP contribution in [0.5, 0.6) is 34.5 Å². The molecule has 18 nitrogen and oxygen atoms in total. The van der Waals surface area contributed by atoms with Crippen LogP contribution in [0.1, 0.15) is 38.6 Å². The van der Waals surface area contributed by atoms with Gasteiger partial charge in [0.15, 0.2) is 46.6 Å². The van der Waals surface area contributed by atoms with Crippen LogP contribution in [0.25, 0.3) is 0 Å². The summed E-state index contributed by atoms with van der Waals surface area (Å²) < 4.78 is 26.7. The minimum Gasteiger partial charge on any atom is -0.504 e. The van der Waals surface area contributed by atoms with E-state index in [1.165, 1.54) is 0 Å². The van der Waals surface area contributed by atoms with E-state index in [9.17, 15) is 65.4 Å². The molecule has 2 aromatic carbocycles. The van der Waals surface area contributed by atoms with Gasteiger partial charge in [-0.15, -0.1) is 0 Å². The lowest BCUT2D eigenvalue weighted by Crippen LogP contribution is -2.62. The number of carbonyl (C=O) groups is 3. The Morgan fingerprint density at radius 2 is 1.57 bits per heavy atom. The molecule has 4 aliphatic rings.